The molecule has 2 aromatic carbocycles. The number of furan rings is 1. The number of aromatic carboxylic acids is 1. The van der Waals surface area contributed by atoms with Crippen molar-refractivity contribution in [3.05, 3.63) is 108 Å². The Morgan fingerprint density at radius 2 is 1.79 bits per heavy atom. The number of thiocarbonyl (C=S) groups is 1. The minimum absolute atomic E-state index is 0.130. The fraction of sp³-hybridized carbons (Fsp3) is 0.0800. The molecule has 0 unspecified atom stereocenters. The highest BCUT2D eigenvalue weighted by molar-refractivity contribution is 7.80. The normalized spacial score (nSPS) is 17.7. The van der Waals surface area contributed by atoms with Crippen molar-refractivity contribution < 1.29 is 18.7 Å². The summed E-state index contributed by atoms with van der Waals surface area (Å²) in [4.78, 5) is 17.8. The van der Waals surface area contributed by atoms with Crippen molar-refractivity contribution in [3.63, 3.8) is 0 Å². The highest BCUT2D eigenvalue weighted by Crippen LogP contribution is 2.43. The lowest BCUT2D eigenvalue weighted by Gasteiger charge is -2.26. The fourth-order valence-electron chi connectivity index (χ4n) is 4.09. The highest BCUT2D eigenvalue weighted by Gasteiger charge is 2.43. The molecule has 5 rings (SSSR count). The molecule has 8 heteroatoms. The van der Waals surface area contributed by atoms with Gasteiger partial charge >= 0.3 is 5.97 Å². The molecule has 2 N–H and O–H groups in total. The Morgan fingerprint density at radius 1 is 1.03 bits per heavy atom. The summed E-state index contributed by atoms with van der Waals surface area (Å²) in [5.41, 5.74) is 1.61. The minimum Gasteiger partial charge on any atom is -0.478 e. The van der Waals surface area contributed by atoms with Crippen LogP contribution in [0.15, 0.2) is 89.5 Å². The van der Waals surface area contributed by atoms with Crippen molar-refractivity contribution in [1.82, 2.24) is 10.3 Å². The number of anilines is 1. The van der Waals surface area contributed by atoms with Crippen LogP contribution in [0.5, 0.6) is 0 Å². The molecule has 2 atom stereocenters. The lowest BCUT2D eigenvalue weighted by Crippen LogP contribution is -2.30. The number of nitrogens with one attached hydrogen (secondary N) is 1. The summed E-state index contributed by atoms with van der Waals surface area (Å²) in [6, 6.07) is 21.1. The van der Waals surface area contributed by atoms with Gasteiger partial charge in [0, 0.05) is 11.8 Å². The molecule has 0 aliphatic carbocycles. The van der Waals surface area contributed by atoms with Gasteiger partial charge in [-0.2, -0.15) is 0 Å². The minimum atomic E-state index is -1.05. The molecular formula is C25H18FN3O3S. The second kappa shape index (κ2) is 8.48. The molecule has 0 saturated carbocycles. The Labute approximate surface area is 194 Å². The van der Waals surface area contributed by atoms with Crippen molar-refractivity contribution in [3.8, 4) is 11.3 Å². The van der Waals surface area contributed by atoms with Gasteiger partial charge in [0.25, 0.3) is 0 Å². The number of carbonyl (C=O) groups is 1. The quantitative estimate of drug-likeness (QED) is 0.389. The molecule has 0 amide bonds. The van der Waals surface area contributed by atoms with Crippen molar-refractivity contribution >= 4 is 29.0 Å². The third-order valence-electron chi connectivity index (χ3n) is 5.55. The van der Waals surface area contributed by atoms with E-state index in [9.17, 15) is 14.3 Å². The molecule has 1 fully saturated rings. The number of para-hydroxylation sites is 1. The number of rotatable bonds is 5. The van der Waals surface area contributed by atoms with Crippen LogP contribution in [-0.4, -0.2) is 21.2 Å². The van der Waals surface area contributed by atoms with Gasteiger partial charge in [-0.15, -0.1) is 0 Å². The zero-order valence-corrected chi connectivity index (χ0v) is 18.0. The SMILES string of the molecule is O=C(O)c1ccccc1-c1ccc([C@H]2[C@@H](c3ccccn3)NC(=S)N2c2ccccc2F)o1. The molecule has 3 heterocycles. The van der Waals surface area contributed by atoms with E-state index in [4.69, 9.17) is 16.6 Å². The lowest BCUT2D eigenvalue weighted by molar-refractivity contribution is 0.0697. The zero-order valence-electron chi connectivity index (χ0n) is 17.2. The molecular weight excluding hydrogens is 441 g/mol. The first-order valence-electron chi connectivity index (χ1n) is 10.2. The second-order valence-electron chi connectivity index (χ2n) is 7.50. The van der Waals surface area contributed by atoms with Crippen LogP contribution in [0.3, 0.4) is 0 Å². The number of carboxylic acids is 1. The molecule has 0 radical (unpaired) electrons. The third-order valence-corrected chi connectivity index (χ3v) is 5.87. The van der Waals surface area contributed by atoms with Crippen molar-refractivity contribution in [2.24, 2.45) is 0 Å². The van der Waals surface area contributed by atoms with Gasteiger partial charge in [0.2, 0.25) is 0 Å². The summed E-state index contributed by atoms with van der Waals surface area (Å²) in [6.45, 7) is 0. The van der Waals surface area contributed by atoms with E-state index in [2.05, 4.69) is 10.3 Å². The van der Waals surface area contributed by atoms with Gasteiger partial charge in [0.05, 0.1) is 23.0 Å². The monoisotopic (exact) mass is 459 g/mol. The van der Waals surface area contributed by atoms with E-state index >= 15 is 0 Å². The average Bonchev–Trinajstić information content (AvgIpc) is 3.44. The Bertz CT molecular complexity index is 1340. The number of hydrogen-bond acceptors (Lipinski definition) is 4. The van der Waals surface area contributed by atoms with E-state index in [0.29, 0.717) is 33.6 Å². The smallest absolute Gasteiger partial charge is 0.336 e. The standard InChI is InChI=1S/C25H18FN3O3S/c26-17-9-3-4-11-19(17)29-23(22(28-25(29)33)18-10-5-6-14-27-18)21-13-12-20(32-21)15-7-1-2-8-16(15)24(30)31/h1-14,22-23H,(H,28,33)(H,30,31)/t22-,23+/m1/s1. The Hall–Kier alpha value is -4.04. The van der Waals surface area contributed by atoms with Crippen LogP contribution in [-0.2, 0) is 0 Å². The summed E-state index contributed by atoms with van der Waals surface area (Å²) >= 11 is 5.59. The summed E-state index contributed by atoms with van der Waals surface area (Å²) in [7, 11) is 0. The fourth-order valence-corrected chi connectivity index (χ4v) is 4.43. The number of nitrogens with zero attached hydrogens (tertiary/aromatic N) is 2. The molecule has 4 aromatic rings. The Morgan fingerprint density at radius 3 is 2.55 bits per heavy atom. The van der Waals surface area contributed by atoms with Crippen LogP contribution in [0.4, 0.5) is 10.1 Å². The molecule has 1 saturated heterocycles. The first kappa shape index (κ1) is 20.8. The van der Waals surface area contributed by atoms with E-state index < -0.39 is 23.9 Å². The molecule has 164 valence electrons. The van der Waals surface area contributed by atoms with Gasteiger partial charge in [0.15, 0.2) is 5.11 Å². The molecule has 6 nitrogen and oxygen atoms in total. The molecule has 0 spiro atoms. The first-order valence-corrected chi connectivity index (χ1v) is 10.6. The van der Waals surface area contributed by atoms with Crippen LogP contribution < -0.4 is 10.2 Å². The number of pyridine rings is 1. The molecule has 33 heavy (non-hydrogen) atoms. The lowest BCUT2D eigenvalue weighted by atomic mass is 10.0. The number of hydrogen-bond donors (Lipinski definition) is 2. The van der Waals surface area contributed by atoms with Gasteiger partial charge in [0.1, 0.15) is 23.4 Å². The summed E-state index contributed by atoms with van der Waals surface area (Å²) < 4.78 is 21.0. The van der Waals surface area contributed by atoms with Crippen molar-refractivity contribution in [1.29, 1.82) is 0 Å². The summed E-state index contributed by atoms with van der Waals surface area (Å²) in [6.07, 6.45) is 1.68. The Kier molecular flexibility index (Phi) is 5.35. The van der Waals surface area contributed by atoms with E-state index in [1.165, 1.54) is 12.1 Å². The van der Waals surface area contributed by atoms with E-state index in [0.717, 1.165) is 0 Å². The maximum absolute atomic E-state index is 14.8. The van der Waals surface area contributed by atoms with Crippen molar-refractivity contribution in [2.75, 3.05) is 4.90 Å². The molecule has 1 aliphatic rings. The number of benzene rings is 2. The van der Waals surface area contributed by atoms with Crippen LogP contribution >= 0.6 is 12.2 Å². The molecule has 2 aromatic heterocycles. The van der Waals surface area contributed by atoms with Crippen LogP contribution in [0.1, 0.15) is 33.9 Å². The largest absolute Gasteiger partial charge is 0.478 e. The number of halogens is 1. The summed E-state index contributed by atoms with van der Waals surface area (Å²) in [5, 5.41) is 13.1. The maximum atomic E-state index is 14.8. The van der Waals surface area contributed by atoms with Crippen LogP contribution in [0.2, 0.25) is 0 Å². The maximum Gasteiger partial charge on any atom is 0.336 e. The predicted molar refractivity (Wildman–Crippen MR) is 125 cm³/mol. The zero-order chi connectivity index (χ0) is 22.9. The summed E-state index contributed by atoms with van der Waals surface area (Å²) in [5.74, 6) is -0.576. The van der Waals surface area contributed by atoms with Crippen LogP contribution in [0.25, 0.3) is 11.3 Å². The molecule has 0 bridgehead atoms. The van der Waals surface area contributed by atoms with Crippen LogP contribution in [0, 0.1) is 5.82 Å². The third kappa shape index (κ3) is 3.74. The second-order valence-corrected chi connectivity index (χ2v) is 7.89. The van der Waals surface area contributed by atoms with Gasteiger partial charge in [-0.1, -0.05) is 36.4 Å². The molecule has 1 aliphatic heterocycles. The van der Waals surface area contributed by atoms with Gasteiger partial charge in [-0.25, -0.2) is 9.18 Å². The van der Waals surface area contributed by atoms with Crippen molar-refractivity contribution in [2.45, 2.75) is 12.1 Å². The predicted octanol–water partition coefficient (Wildman–Crippen LogP) is 5.36. The van der Waals surface area contributed by atoms with E-state index in [1.807, 2.05) is 18.2 Å². The highest BCUT2D eigenvalue weighted by atomic mass is 32.1. The van der Waals surface area contributed by atoms with E-state index in [1.54, 1.807) is 59.6 Å². The van der Waals surface area contributed by atoms with Gasteiger partial charge in [-0.05, 0) is 54.7 Å². The Balaban J connectivity index is 1.63. The van der Waals surface area contributed by atoms with Gasteiger partial charge < -0.3 is 19.7 Å². The topological polar surface area (TPSA) is 78.6 Å². The van der Waals surface area contributed by atoms with E-state index in [-0.39, 0.29) is 5.56 Å². The van der Waals surface area contributed by atoms with Gasteiger partial charge in [-0.3, -0.25) is 4.98 Å². The average molecular weight is 460 g/mol. The number of carboxylic acid groups (broad SMARTS) is 1. The first-order chi connectivity index (χ1) is 16.0. The number of aromatic nitrogens is 1.